The summed E-state index contributed by atoms with van der Waals surface area (Å²) in [7, 11) is -1.76. The Labute approximate surface area is 142 Å². The van der Waals surface area contributed by atoms with Crippen LogP contribution in [0.2, 0.25) is 0 Å². The summed E-state index contributed by atoms with van der Waals surface area (Å²) in [6.07, 6.45) is 2.31. The van der Waals surface area contributed by atoms with Gasteiger partial charge in [0.2, 0.25) is 10.0 Å². The van der Waals surface area contributed by atoms with Gasteiger partial charge in [-0.2, -0.15) is 0 Å². The van der Waals surface area contributed by atoms with Gasteiger partial charge < -0.3 is 15.4 Å². The maximum Gasteiger partial charge on any atom is 0.256 e. The number of carbonyl (C=O) groups excluding carboxylic acids is 1. The number of carbonyl (C=O) groups is 1. The van der Waals surface area contributed by atoms with E-state index in [-0.39, 0.29) is 18.3 Å². The molecule has 1 amide bonds. The van der Waals surface area contributed by atoms with E-state index in [1.54, 1.807) is 31.4 Å². The minimum absolute atomic E-state index is 0. The van der Waals surface area contributed by atoms with Gasteiger partial charge in [-0.25, -0.2) is 8.42 Å². The van der Waals surface area contributed by atoms with Gasteiger partial charge in [-0.3, -0.25) is 9.52 Å². The van der Waals surface area contributed by atoms with Gasteiger partial charge in [0.05, 0.1) is 6.26 Å². The summed E-state index contributed by atoms with van der Waals surface area (Å²) in [6.45, 7) is 1.47. The molecule has 7 nitrogen and oxygen atoms in total. The fraction of sp³-hybridized carbons (Fsp3) is 0.500. The third-order valence-electron chi connectivity index (χ3n) is 3.66. The molecule has 0 saturated carbocycles. The molecule has 0 radical (unpaired) electrons. The quantitative estimate of drug-likeness (QED) is 0.730. The highest BCUT2D eigenvalue weighted by molar-refractivity contribution is 7.92. The number of sulfonamides is 1. The number of ether oxygens (including phenoxy) is 1. The van der Waals surface area contributed by atoms with Crippen molar-refractivity contribution in [3.8, 4) is 0 Å². The van der Waals surface area contributed by atoms with Crippen LogP contribution < -0.4 is 15.4 Å². The average molecular weight is 364 g/mol. The molecule has 1 aromatic rings. The summed E-state index contributed by atoms with van der Waals surface area (Å²) < 4.78 is 30.1. The molecule has 130 valence electrons. The lowest BCUT2D eigenvalue weighted by Gasteiger charge is -2.34. The molecule has 1 aliphatic rings. The van der Waals surface area contributed by atoms with Crippen molar-refractivity contribution in [2.24, 2.45) is 0 Å². The van der Waals surface area contributed by atoms with Crippen LogP contribution in [0.25, 0.3) is 0 Å². The van der Waals surface area contributed by atoms with Gasteiger partial charge >= 0.3 is 0 Å². The zero-order chi connectivity index (χ0) is 16.2. The van der Waals surface area contributed by atoms with Crippen LogP contribution in [0.15, 0.2) is 24.3 Å². The summed E-state index contributed by atoms with van der Waals surface area (Å²) >= 11 is 0. The highest BCUT2D eigenvalue weighted by atomic mass is 35.5. The lowest BCUT2D eigenvalue weighted by atomic mass is 9.91. The third-order valence-corrected chi connectivity index (χ3v) is 4.27. The number of piperidine rings is 1. The number of hydrogen-bond donors (Lipinski definition) is 3. The molecular weight excluding hydrogens is 342 g/mol. The Hall–Kier alpha value is -1.35. The molecule has 1 aromatic carbocycles. The highest BCUT2D eigenvalue weighted by Gasteiger charge is 2.39. The molecule has 0 unspecified atom stereocenters. The molecule has 1 fully saturated rings. The monoisotopic (exact) mass is 363 g/mol. The zero-order valence-electron chi connectivity index (χ0n) is 13.1. The number of amides is 1. The number of nitrogens with one attached hydrogen (secondary N) is 3. The Morgan fingerprint density at radius 1 is 1.17 bits per heavy atom. The second-order valence-electron chi connectivity index (χ2n) is 5.35. The largest absolute Gasteiger partial charge is 0.368 e. The van der Waals surface area contributed by atoms with E-state index in [4.69, 9.17) is 4.74 Å². The summed E-state index contributed by atoms with van der Waals surface area (Å²) in [5.74, 6) is -0.180. The molecule has 0 spiro atoms. The van der Waals surface area contributed by atoms with Gasteiger partial charge in [-0.15, -0.1) is 12.4 Å². The van der Waals surface area contributed by atoms with E-state index in [0.717, 1.165) is 19.3 Å². The van der Waals surface area contributed by atoms with Crippen molar-refractivity contribution >= 4 is 39.7 Å². The van der Waals surface area contributed by atoms with Crippen LogP contribution in [0, 0.1) is 0 Å². The Bertz CT molecular complexity index is 628. The van der Waals surface area contributed by atoms with Crippen LogP contribution in [0.3, 0.4) is 0 Å². The number of benzene rings is 1. The van der Waals surface area contributed by atoms with E-state index in [2.05, 4.69) is 15.4 Å². The molecule has 0 aliphatic carbocycles. The van der Waals surface area contributed by atoms with Crippen LogP contribution in [0.5, 0.6) is 0 Å². The Kier molecular flexibility index (Phi) is 6.82. The molecule has 0 bridgehead atoms. The summed E-state index contributed by atoms with van der Waals surface area (Å²) in [5, 5.41) is 6.02. The van der Waals surface area contributed by atoms with Gasteiger partial charge in [0.25, 0.3) is 5.91 Å². The first-order valence-corrected chi connectivity index (χ1v) is 8.89. The normalized spacial score (nSPS) is 17.0. The maximum absolute atomic E-state index is 12.5. The summed E-state index contributed by atoms with van der Waals surface area (Å²) in [6, 6.07) is 6.49. The van der Waals surface area contributed by atoms with Crippen LogP contribution in [0.1, 0.15) is 12.8 Å². The predicted octanol–water partition coefficient (Wildman–Crippen LogP) is 1.19. The third kappa shape index (κ3) is 5.35. The van der Waals surface area contributed by atoms with E-state index in [1.807, 2.05) is 0 Å². The molecule has 1 heterocycles. The first-order chi connectivity index (χ1) is 10.3. The zero-order valence-corrected chi connectivity index (χ0v) is 14.7. The van der Waals surface area contributed by atoms with E-state index in [1.165, 1.54) is 0 Å². The molecule has 3 N–H and O–H groups in total. The number of rotatable bonds is 5. The predicted molar refractivity (Wildman–Crippen MR) is 92.6 cm³/mol. The molecule has 2 rings (SSSR count). The van der Waals surface area contributed by atoms with E-state index < -0.39 is 15.6 Å². The average Bonchev–Trinajstić information content (AvgIpc) is 2.48. The molecule has 1 aliphatic heterocycles. The lowest BCUT2D eigenvalue weighted by molar-refractivity contribution is -0.140. The smallest absolute Gasteiger partial charge is 0.256 e. The van der Waals surface area contributed by atoms with Crippen LogP contribution >= 0.6 is 12.4 Å². The highest BCUT2D eigenvalue weighted by Crippen LogP contribution is 2.25. The van der Waals surface area contributed by atoms with Gasteiger partial charge in [0, 0.05) is 18.5 Å². The van der Waals surface area contributed by atoms with E-state index in [0.29, 0.717) is 24.2 Å². The number of hydrogen-bond acceptors (Lipinski definition) is 5. The van der Waals surface area contributed by atoms with Gasteiger partial charge in [0.1, 0.15) is 5.60 Å². The lowest BCUT2D eigenvalue weighted by Crippen LogP contribution is -2.51. The van der Waals surface area contributed by atoms with Crippen molar-refractivity contribution in [2.45, 2.75) is 18.4 Å². The Morgan fingerprint density at radius 3 is 2.17 bits per heavy atom. The molecule has 9 heteroatoms. The minimum atomic E-state index is -3.31. The van der Waals surface area contributed by atoms with Gasteiger partial charge in [-0.1, -0.05) is 0 Å². The SMILES string of the molecule is COC1(C(=O)Nc2ccc(NS(C)(=O)=O)cc2)CCNCC1.Cl. The number of methoxy groups -OCH3 is 1. The van der Waals surface area contributed by atoms with Gasteiger partial charge in [0.15, 0.2) is 0 Å². The van der Waals surface area contributed by atoms with Crippen LogP contribution in [0.4, 0.5) is 11.4 Å². The van der Waals surface area contributed by atoms with Crippen molar-refractivity contribution in [3.63, 3.8) is 0 Å². The Morgan fingerprint density at radius 2 is 1.70 bits per heavy atom. The number of halogens is 1. The second kappa shape index (κ2) is 7.96. The second-order valence-corrected chi connectivity index (χ2v) is 7.10. The van der Waals surface area contributed by atoms with Crippen molar-refractivity contribution in [1.29, 1.82) is 0 Å². The first-order valence-electron chi connectivity index (χ1n) is 7.00. The molecule has 0 aromatic heterocycles. The van der Waals surface area contributed by atoms with Crippen molar-refractivity contribution in [2.75, 3.05) is 36.5 Å². The topological polar surface area (TPSA) is 96.5 Å². The maximum atomic E-state index is 12.5. The summed E-state index contributed by atoms with van der Waals surface area (Å²) in [5.41, 5.74) is 0.234. The van der Waals surface area contributed by atoms with Crippen molar-refractivity contribution < 1.29 is 17.9 Å². The number of anilines is 2. The van der Waals surface area contributed by atoms with E-state index in [9.17, 15) is 13.2 Å². The van der Waals surface area contributed by atoms with Crippen LogP contribution in [-0.4, -0.2) is 46.4 Å². The summed E-state index contributed by atoms with van der Waals surface area (Å²) in [4.78, 5) is 12.5. The van der Waals surface area contributed by atoms with Crippen molar-refractivity contribution in [3.05, 3.63) is 24.3 Å². The van der Waals surface area contributed by atoms with E-state index >= 15 is 0 Å². The van der Waals surface area contributed by atoms with Crippen molar-refractivity contribution in [1.82, 2.24) is 5.32 Å². The first kappa shape index (κ1) is 19.7. The standard InChI is InChI=1S/C14H21N3O4S.ClH/c1-21-14(7-9-15-10-8-14)13(18)16-11-3-5-12(6-4-11)17-22(2,19)20;/h3-6,15,17H,7-10H2,1-2H3,(H,16,18);1H. The van der Waals surface area contributed by atoms with Crippen LogP contribution in [-0.2, 0) is 19.6 Å². The molecular formula is C14H22ClN3O4S. The molecule has 0 atom stereocenters. The Balaban J connectivity index is 0.00000264. The molecule has 23 heavy (non-hydrogen) atoms. The molecule has 1 saturated heterocycles. The fourth-order valence-electron chi connectivity index (χ4n) is 2.44. The minimum Gasteiger partial charge on any atom is -0.368 e. The fourth-order valence-corrected chi connectivity index (χ4v) is 3.00. The van der Waals surface area contributed by atoms with Gasteiger partial charge in [-0.05, 0) is 50.2 Å².